The van der Waals surface area contributed by atoms with Crippen molar-refractivity contribution in [2.24, 2.45) is 5.41 Å². The maximum atomic E-state index is 12.1. The molecule has 1 unspecified atom stereocenters. The molecule has 3 aromatic rings. The summed E-state index contributed by atoms with van der Waals surface area (Å²) >= 11 is 0. The highest BCUT2D eigenvalue weighted by Crippen LogP contribution is 2.64. The Labute approximate surface area is 256 Å². The van der Waals surface area contributed by atoms with Gasteiger partial charge in [-0.3, -0.25) is 9.59 Å². The van der Waals surface area contributed by atoms with Crippen LogP contribution in [0.3, 0.4) is 0 Å². The fourth-order valence-electron chi connectivity index (χ4n) is 7.72. The number of benzene rings is 3. The Kier molecular flexibility index (Phi) is 8.35. The van der Waals surface area contributed by atoms with E-state index < -0.39 is 0 Å². The van der Waals surface area contributed by atoms with Gasteiger partial charge in [0.2, 0.25) is 5.91 Å². The van der Waals surface area contributed by atoms with Crippen LogP contribution in [0.15, 0.2) is 48.5 Å². The van der Waals surface area contributed by atoms with Gasteiger partial charge >= 0.3 is 5.97 Å². The van der Waals surface area contributed by atoms with Crippen molar-refractivity contribution in [1.29, 1.82) is 0 Å². The lowest BCUT2D eigenvalue weighted by Gasteiger charge is -2.19. The Bertz CT molecular complexity index is 1510. The van der Waals surface area contributed by atoms with Crippen LogP contribution in [0.25, 0.3) is 11.1 Å². The van der Waals surface area contributed by atoms with E-state index in [2.05, 4.69) is 69.3 Å². The second-order valence-corrected chi connectivity index (χ2v) is 13.1. The number of rotatable bonds is 11. The number of nitrogens with zero attached hydrogens (tertiary/aromatic N) is 1. The number of hydrogen-bond acceptors (Lipinski definition) is 4. The number of carbonyl (C=O) groups excluding carboxylic acids is 2. The van der Waals surface area contributed by atoms with Crippen LogP contribution in [0, 0.1) is 26.2 Å². The third kappa shape index (κ3) is 6.09. The summed E-state index contributed by atoms with van der Waals surface area (Å²) in [6, 6.07) is 18.0. The summed E-state index contributed by atoms with van der Waals surface area (Å²) in [5.74, 6) is 1.39. The molecule has 3 aromatic carbocycles. The van der Waals surface area contributed by atoms with Gasteiger partial charge in [-0.25, -0.2) is 0 Å². The van der Waals surface area contributed by atoms with Crippen molar-refractivity contribution in [2.75, 3.05) is 26.8 Å². The summed E-state index contributed by atoms with van der Waals surface area (Å²) in [5.41, 5.74) is 12.2. The van der Waals surface area contributed by atoms with E-state index in [0.29, 0.717) is 30.8 Å². The van der Waals surface area contributed by atoms with Gasteiger partial charge in [0.25, 0.3) is 0 Å². The smallest absolute Gasteiger partial charge is 0.306 e. The van der Waals surface area contributed by atoms with E-state index in [-0.39, 0.29) is 11.9 Å². The van der Waals surface area contributed by atoms with Crippen LogP contribution >= 0.6 is 0 Å². The number of esters is 1. The first-order valence-corrected chi connectivity index (χ1v) is 16.1. The minimum absolute atomic E-state index is 0.0946. The molecule has 0 radical (unpaired) electrons. The molecule has 1 aliphatic heterocycles. The van der Waals surface area contributed by atoms with Crippen LogP contribution in [-0.4, -0.2) is 43.6 Å². The van der Waals surface area contributed by atoms with Crippen molar-refractivity contribution in [3.8, 4) is 16.9 Å². The molecule has 6 rings (SSSR count). The standard InChI is InChI=1S/C38H45NO4/c1-25-20-31(43-19-7-18-39-17-6-10-35(39)40)21-26(2)37(25)32-9-5-8-29(27(32)3)13-11-28-12-14-33-30(22-28)24-38(15-16-38)34(33)23-36(41)42-4/h5,8-9,12,14,20-22,34H,6-7,10-11,13,15-19,23-24H2,1-4H3. The van der Waals surface area contributed by atoms with Crippen molar-refractivity contribution in [2.45, 2.75) is 84.5 Å². The third-order valence-electron chi connectivity index (χ3n) is 10.3. The SMILES string of the molecule is COC(=O)CC1c2ccc(CCc3cccc(-c4c(C)cc(OCCCN5CCCC5=O)cc4C)c3C)cc2CC12CC2. The number of hydrogen-bond donors (Lipinski definition) is 0. The first kappa shape index (κ1) is 29.5. The molecule has 1 atom stereocenters. The summed E-state index contributed by atoms with van der Waals surface area (Å²) in [4.78, 5) is 25.9. The van der Waals surface area contributed by atoms with Crippen LogP contribution in [0.5, 0.6) is 5.75 Å². The topological polar surface area (TPSA) is 55.8 Å². The average molecular weight is 580 g/mol. The molecule has 5 nitrogen and oxygen atoms in total. The maximum absolute atomic E-state index is 12.1. The highest BCUT2D eigenvalue weighted by Gasteiger charge is 2.54. The van der Waals surface area contributed by atoms with Gasteiger partial charge in [0.05, 0.1) is 20.1 Å². The molecule has 1 amide bonds. The molecule has 1 saturated carbocycles. The van der Waals surface area contributed by atoms with Crippen molar-refractivity contribution >= 4 is 11.9 Å². The van der Waals surface area contributed by atoms with Gasteiger partial charge in [0.15, 0.2) is 0 Å². The lowest BCUT2D eigenvalue weighted by atomic mass is 9.86. The van der Waals surface area contributed by atoms with Crippen LogP contribution in [0.1, 0.15) is 83.4 Å². The van der Waals surface area contributed by atoms with Gasteiger partial charge in [-0.05, 0) is 133 Å². The van der Waals surface area contributed by atoms with Crippen molar-refractivity contribution < 1.29 is 19.1 Å². The molecule has 1 saturated heterocycles. The zero-order valence-corrected chi connectivity index (χ0v) is 26.3. The summed E-state index contributed by atoms with van der Waals surface area (Å²) in [5, 5.41) is 0. The van der Waals surface area contributed by atoms with E-state index in [4.69, 9.17) is 9.47 Å². The summed E-state index contributed by atoms with van der Waals surface area (Å²) < 4.78 is 11.1. The molecule has 5 heteroatoms. The fraction of sp³-hybridized carbons (Fsp3) is 0.474. The van der Waals surface area contributed by atoms with Gasteiger partial charge < -0.3 is 14.4 Å². The number of aryl methyl sites for hydroxylation is 4. The van der Waals surface area contributed by atoms with Crippen molar-refractivity contribution in [1.82, 2.24) is 4.90 Å². The highest BCUT2D eigenvalue weighted by molar-refractivity contribution is 5.78. The summed E-state index contributed by atoms with van der Waals surface area (Å²) in [6.07, 6.45) is 8.56. The van der Waals surface area contributed by atoms with Gasteiger partial charge in [0.1, 0.15) is 5.75 Å². The molecule has 0 N–H and O–H groups in total. The number of ether oxygens (including phenoxy) is 2. The largest absolute Gasteiger partial charge is 0.494 e. The number of amides is 1. The van der Waals surface area contributed by atoms with E-state index in [1.807, 2.05) is 4.90 Å². The molecule has 43 heavy (non-hydrogen) atoms. The Balaban J connectivity index is 1.11. The molecular weight excluding hydrogens is 534 g/mol. The number of methoxy groups -OCH3 is 1. The lowest BCUT2D eigenvalue weighted by molar-refractivity contribution is -0.141. The van der Waals surface area contributed by atoms with E-state index >= 15 is 0 Å². The first-order chi connectivity index (χ1) is 20.8. The molecule has 1 heterocycles. The van der Waals surface area contributed by atoms with E-state index in [0.717, 1.165) is 50.9 Å². The van der Waals surface area contributed by atoms with Crippen LogP contribution in [-0.2, 0) is 33.6 Å². The monoisotopic (exact) mass is 579 g/mol. The molecule has 3 aliphatic rings. The first-order valence-electron chi connectivity index (χ1n) is 16.1. The highest BCUT2D eigenvalue weighted by atomic mass is 16.5. The van der Waals surface area contributed by atoms with E-state index in [9.17, 15) is 9.59 Å². The number of carbonyl (C=O) groups is 2. The molecule has 2 aliphatic carbocycles. The molecule has 0 bridgehead atoms. The summed E-state index contributed by atoms with van der Waals surface area (Å²) in [7, 11) is 1.49. The van der Waals surface area contributed by atoms with Gasteiger partial charge in [-0.15, -0.1) is 0 Å². The Morgan fingerprint density at radius 3 is 2.51 bits per heavy atom. The predicted molar refractivity (Wildman–Crippen MR) is 171 cm³/mol. The molecule has 0 aromatic heterocycles. The quantitative estimate of drug-likeness (QED) is 0.175. The Morgan fingerprint density at radius 1 is 1.02 bits per heavy atom. The minimum atomic E-state index is -0.0946. The Hall–Kier alpha value is -3.60. The van der Waals surface area contributed by atoms with E-state index in [1.54, 1.807) is 0 Å². The molecule has 2 fully saturated rings. The van der Waals surface area contributed by atoms with Gasteiger partial charge in [0, 0.05) is 25.4 Å². The third-order valence-corrected chi connectivity index (χ3v) is 10.3. The predicted octanol–water partition coefficient (Wildman–Crippen LogP) is 7.44. The van der Waals surface area contributed by atoms with Crippen LogP contribution in [0.2, 0.25) is 0 Å². The summed E-state index contributed by atoms with van der Waals surface area (Å²) in [6.45, 7) is 8.89. The Morgan fingerprint density at radius 2 is 1.81 bits per heavy atom. The number of likely N-dealkylation sites (tertiary alicyclic amines) is 1. The van der Waals surface area contributed by atoms with Crippen LogP contribution in [0.4, 0.5) is 0 Å². The zero-order valence-electron chi connectivity index (χ0n) is 26.3. The maximum Gasteiger partial charge on any atom is 0.306 e. The van der Waals surface area contributed by atoms with Gasteiger partial charge in [-0.1, -0.05) is 36.4 Å². The lowest BCUT2D eigenvalue weighted by Crippen LogP contribution is -2.26. The van der Waals surface area contributed by atoms with Crippen molar-refractivity contribution in [3.63, 3.8) is 0 Å². The second kappa shape index (κ2) is 12.2. The fourth-order valence-corrected chi connectivity index (χ4v) is 7.72. The minimum Gasteiger partial charge on any atom is -0.494 e. The molecule has 226 valence electrons. The zero-order chi connectivity index (χ0) is 30.1. The second-order valence-electron chi connectivity index (χ2n) is 13.1. The number of fused-ring (bicyclic) bond motifs is 1. The molecule has 1 spiro atoms. The van der Waals surface area contributed by atoms with Crippen molar-refractivity contribution in [3.05, 3.63) is 87.5 Å². The van der Waals surface area contributed by atoms with E-state index in [1.165, 1.54) is 70.0 Å². The molecular formula is C38H45NO4. The normalized spacial score (nSPS) is 18.3. The van der Waals surface area contributed by atoms with Crippen LogP contribution < -0.4 is 4.74 Å². The average Bonchev–Trinajstić information content (AvgIpc) is 3.55. The van der Waals surface area contributed by atoms with Gasteiger partial charge in [-0.2, -0.15) is 0 Å².